The molecule has 0 saturated heterocycles. The van der Waals surface area contributed by atoms with E-state index in [0.717, 1.165) is 26.9 Å². The molecule has 0 saturated carbocycles. The van der Waals surface area contributed by atoms with Gasteiger partial charge in [-0.1, -0.05) is 41.7 Å². The summed E-state index contributed by atoms with van der Waals surface area (Å²) in [5.74, 6) is -0.160. The zero-order chi connectivity index (χ0) is 20.9. The Morgan fingerprint density at radius 1 is 1.20 bits per heavy atom. The van der Waals surface area contributed by atoms with Gasteiger partial charge in [0, 0.05) is 32.5 Å². The fourth-order valence-electron chi connectivity index (χ4n) is 3.38. The summed E-state index contributed by atoms with van der Waals surface area (Å²) in [7, 11) is 1.66. The van der Waals surface area contributed by atoms with Crippen molar-refractivity contribution in [3.63, 3.8) is 0 Å². The second kappa shape index (κ2) is 9.02. The number of aromatic nitrogens is 2. The number of nitrogens with two attached hydrogens (primary N) is 1. The molecule has 0 bridgehead atoms. The summed E-state index contributed by atoms with van der Waals surface area (Å²) in [4.78, 5) is 20.6. The van der Waals surface area contributed by atoms with Crippen LogP contribution >= 0.6 is 11.3 Å². The molecule has 0 aliphatic rings. The number of hydrogen-bond donors (Lipinski definition) is 2. The van der Waals surface area contributed by atoms with E-state index >= 15 is 0 Å². The van der Waals surface area contributed by atoms with Gasteiger partial charge in [0.05, 0.1) is 21.9 Å². The van der Waals surface area contributed by atoms with Crippen molar-refractivity contribution in [2.45, 2.75) is 12.5 Å². The number of amides is 1. The van der Waals surface area contributed by atoms with Gasteiger partial charge in [-0.25, -0.2) is 4.98 Å². The highest BCUT2D eigenvalue weighted by Crippen LogP contribution is 2.31. The van der Waals surface area contributed by atoms with Gasteiger partial charge >= 0.3 is 0 Å². The van der Waals surface area contributed by atoms with Crippen LogP contribution in [0.4, 0.5) is 5.13 Å². The number of ether oxygens (including phenoxy) is 1. The highest BCUT2D eigenvalue weighted by molar-refractivity contribution is 7.22. The van der Waals surface area contributed by atoms with E-state index in [0.29, 0.717) is 23.7 Å². The number of fused-ring (bicyclic) bond motifs is 1. The van der Waals surface area contributed by atoms with Gasteiger partial charge < -0.3 is 15.8 Å². The number of benzene rings is 2. The maximum absolute atomic E-state index is 12.3. The number of thiazole rings is 1. The van der Waals surface area contributed by atoms with Crippen molar-refractivity contribution in [3.8, 4) is 11.1 Å². The van der Waals surface area contributed by atoms with E-state index < -0.39 is 0 Å². The Bertz CT molecular complexity index is 1160. The first-order valence-electron chi connectivity index (χ1n) is 9.59. The van der Waals surface area contributed by atoms with Crippen molar-refractivity contribution in [2.75, 3.05) is 19.4 Å². The van der Waals surface area contributed by atoms with Crippen LogP contribution in [0.15, 0.2) is 67.0 Å². The predicted molar refractivity (Wildman–Crippen MR) is 121 cm³/mol. The topological polar surface area (TPSA) is 90.1 Å². The number of carbonyl (C=O) groups is 1. The molecule has 0 radical (unpaired) electrons. The SMILES string of the molecule is COC(CNC(=O)c1cccnc1)Cc1ccccc1-c1ccc2nc(N)sc2c1. The third-order valence-corrected chi connectivity index (χ3v) is 5.78. The zero-order valence-electron chi connectivity index (χ0n) is 16.5. The van der Waals surface area contributed by atoms with E-state index in [1.807, 2.05) is 18.2 Å². The molecule has 1 amide bonds. The lowest BCUT2D eigenvalue weighted by atomic mass is 9.95. The molecule has 0 fully saturated rings. The zero-order valence-corrected chi connectivity index (χ0v) is 17.4. The van der Waals surface area contributed by atoms with Gasteiger partial charge in [0.15, 0.2) is 5.13 Å². The fraction of sp³-hybridized carbons (Fsp3) is 0.174. The molecule has 4 rings (SSSR count). The summed E-state index contributed by atoms with van der Waals surface area (Å²) in [5.41, 5.74) is 10.7. The summed E-state index contributed by atoms with van der Waals surface area (Å²) < 4.78 is 6.71. The predicted octanol–water partition coefficient (Wildman–Crippen LogP) is 3.93. The van der Waals surface area contributed by atoms with Crippen molar-refractivity contribution < 1.29 is 9.53 Å². The van der Waals surface area contributed by atoms with Crippen LogP contribution in [-0.2, 0) is 11.2 Å². The molecule has 7 heteroatoms. The molecule has 6 nitrogen and oxygen atoms in total. The summed E-state index contributed by atoms with van der Waals surface area (Å²) in [6.45, 7) is 0.406. The molecular formula is C23H22N4O2S. The second-order valence-electron chi connectivity index (χ2n) is 6.91. The molecule has 4 aromatic rings. The van der Waals surface area contributed by atoms with E-state index in [9.17, 15) is 4.79 Å². The minimum atomic E-state index is -0.160. The van der Waals surface area contributed by atoms with Crippen LogP contribution in [0.3, 0.4) is 0 Å². The van der Waals surface area contributed by atoms with E-state index in [-0.39, 0.29) is 12.0 Å². The van der Waals surface area contributed by atoms with Crippen molar-refractivity contribution in [3.05, 3.63) is 78.1 Å². The number of nitrogen functional groups attached to an aromatic ring is 1. The van der Waals surface area contributed by atoms with Gasteiger partial charge in [0.1, 0.15) is 0 Å². The number of pyridine rings is 1. The van der Waals surface area contributed by atoms with Crippen molar-refractivity contribution in [1.82, 2.24) is 15.3 Å². The lowest BCUT2D eigenvalue weighted by Crippen LogP contribution is -2.34. The standard InChI is InChI=1S/C23H22N4O2S/c1-29-18(14-26-22(28)17-6-4-10-25-13-17)11-15-5-2-3-7-19(15)16-8-9-20-21(12-16)30-23(24)27-20/h2-10,12-13,18H,11,14H2,1H3,(H2,24,27)(H,26,28). The minimum absolute atomic E-state index is 0.158. The smallest absolute Gasteiger partial charge is 0.252 e. The largest absolute Gasteiger partial charge is 0.379 e. The minimum Gasteiger partial charge on any atom is -0.379 e. The first kappa shape index (κ1) is 20.0. The number of methoxy groups -OCH3 is 1. The first-order chi connectivity index (χ1) is 14.6. The Labute approximate surface area is 178 Å². The molecule has 2 aromatic heterocycles. The average molecular weight is 419 g/mol. The first-order valence-corrected chi connectivity index (χ1v) is 10.4. The van der Waals surface area contributed by atoms with E-state index in [1.54, 1.807) is 31.6 Å². The van der Waals surface area contributed by atoms with Gasteiger partial charge in [-0.2, -0.15) is 0 Å². The van der Waals surface area contributed by atoms with Crippen LogP contribution in [-0.4, -0.2) is 35.6 Å². The Morgan fingerprint density at radius 3 is 2.87 bits per heavy atom. The molecule has 1 atom stereocenters. The third kappa shape index (κ3) is 4.48. The number of nitrogens with one attached hydrogen (secondary N) is 1. The third-order valence-electron chi connectivity index (χ3n) is 4.93. The number of nitrogens with zero attached hydrogens (tertiary/aromatic N) is 2. The Hall–Kier alpha value is -3.29. The molecule has 30 heavy (non-hydrogen) atoms. The Morgan fingerprint density at radius 2 is 2.07 bits per heavy atom. The van der Waals surface area contributed by atoms with Crippen molar-refractivity contribution in [2.24, 2.45) is 0 Å². The van der Waals surface area contributed by atoms with E-state index in [1.165, 1.54) is 11.3 Å². The van der Waals surface area contributed by atoms with Gasteiger partial charge in [-0.05, 0) is 41.0 Å². The monoisotopic (exact) mass is 418 g/mol. The van der Waals surface area contributed by atoms with E-state index in [2.05, 4.69) is 39.6 Å². The average Bonchev–Trinajstić information content (AvgIpc) is 3.16. The van der Waals surface area contributed by atoms with Crippen LogP contribution < -0.4 is 11.1 Å². The van der Waals surface area contributed by atoms with Crippen LogP contribution in [0.1, 0.15) is 15.9 Å². The lowest BCUT2D eigenvalue weighted by molar-refractivity contribution is 0.0828. The van der Waals surface area contributed by atoms with Crippen molar-refractivity contribution in [1.29, 1.82) is 0 Å². The van der Waals surface area contributed by atoms with Gasteiger partial charge in [0.25, 0.3) is 5.91 Å². The van der Waals surface area contributed by atoms with Gasteiger partial charge in [-0.3, -0.25) is 9.78 Å². The highest BCUT2D eigenvalue weighted by Gasteiger charge is 2.15. The van der Waals surface area contributed by atoms with Crippen LogP contribution in [0.5, 0.6) is 0 Å². The van der Waals surface area contributed by atoms with Crippen LogP contribution in [0.25, 0.3) is 21.3 Å². The number of anilines is 1. The molecule has 2 aromatic carbocycles. The molecule has 152 valence electrons. The number of carbonyl (C=O) groups excluding carboxylic acids is 1. The normalized spacial score (nSPS) is 12.0. The maximum atomic E-state index is 12.3. The molecular weight excluding hydrogens is 396 g/mol. The van der Waals surface area contributed by atoms with Gasteiger partial charge in [0.2, 0.25) is 0 Å². The molecule has 0 aliphatic heterocycles. The lowest BCUT2D eigenvalue weighted by Gasteiger charge is -2.18. The fourth-order valence-corrected chi connectivity index (χ4v) is 4.15. The van der Waals surface area contributed by atoms with Crippen molar-refractivity contribution >= 4 is 32.6 Å². The summed E-state index contributed by atoms with van der Waals surface area (Å²) >= 11 is 1.48. The second-order valence-corrected chi connectivity index (χ2v) is 7.97. The summed E-state index contributed by atoms with van der Waals surface area (Å²) in [6, 6.07) is 17.9. The highest BCUT2D eigenvalue weighted by atomic mass is 32.1. The Kier molecular flexibility index (Phi) is 6.02. The maximum Gasteiger partial charge on any atom is 0.252 e. The van der Waals surface area contributed by atoms with Crippen LogP contribution in [0, 0.1) is 0 Å². The summed E-state index contributed by atoms with van der Waals surface area (Å²) in [5, 5.41) is 3.50. The molecule has 0 spiro atoms. The molecule has 3 N–H and O–H groups in total. The molecule has 1 unspecified atom stereocenters. The van der Waals surface area contributed by atoms with E-state index in [4.69, 9.17) is 10.5 Å². The quantitative estimate of drug-likeness (QED) is 0.475. The molecule has 2 heterocycles. The van der Waals surface area contributed by atoms with Crippen LogP contribution in [0.2, 0.25) is 0 Å². The Balaban J connectivity index is 1.51. The number of hydrogen-bond acceptors (Lipinski definition) is 6. The summed E-state index contributed by atoms with van der Waals surface area (Å²) in [6.07, 6.45) is 3.70. The number of rotatable bonds is 7. The molecule has 0 aliphatic carbocycles. The van der Waals surface area contributed by atoms with Gasteiger partial charge in [-0.15, -0.1) is 0 Å².